The van der Waals surface area contributed by atoms with Crippen molar-refractivity contribution in [2.24, 2.45) is 13.0 Å². The molecule has 1 aliphatic heterocycles. The first-order valence-electron chi connectivity index (χ1n) is 6.73. The quantitative estimate of drug-likeness (QED) is 0.819. The number of carboxylic acids is 1. The van der Waals surface area contributed by atoms with E-state index in [1.807, 2.05) is 0 Å². The van der Waals surface area contributed by atoms with Gasteiger partial charge in [-0.1, -0.05) is 5.21 Å². The summed E-state index contributed by atoms with van der Waals surface area (Å²) in [5, 5.41) is 16.4. The molecule has 0 amide bonds. The average Bonchev–Trinajstić information content (AvgIpc) is 2.90. The Balaban J connectivity index is 1.88. The molecule has 0 aliphatic carbocycles. The molecule has 1 unspecified atom stereocenters. The van der Waals surface area contributed by atoms with Gasteiger partial charge in [0.1, 0.15) is 12.4 Å². The van der Waals surface area contributed by atoms with Gasteiger partial charge in [0, 0.05) is 7.05 Å². The number of hydrogen-bond acceptors (Lipinski definition) is 6. The van der Waals surface area contributed by atoms with Gasteiger partial charge < -0.3 is 9.84 Å². The molecule has 1 aromatic carbocycles. The Labute approximate surface area is 131 Å². The van der Waals surface area contributed by atoms with Gasteiger partial charge in [0.05, 0.1) is 17.0 Å². The standard InChI is InChI=1S/C13H14N4O5S/c1-17-6-12(14-16-17)15-23(20,21)10-2-3-11-8(5-10)4-9(7-22-11)13(18)19/h2-3,5-6,9,15H,4,7H2,1H3,(H,18,19). The van der Waals surface area contributed by atoms with E-state index in [1.165, 1.54) is 29.1 Å². The first-order chi connectivity index (χ1) is 10.8. The highest BCUT2D eigenvalue weighted by atomic mass is 32.2. The number of hydrogen-bond donors (Lipinski definition) is 2. The predicted octanol–water partition coefficient (Wildman–Crippen LogP) is 0.252. The second kappa shape index (κ2) is 5.54. The second-order valence-electron chi connectivity index (χ2n) is 5.20. The number of rotatable bonds is 4. The Hall–Kier alpha value is -2.62. The molecule has 0 saturated carbocycles. The molecule has 3 rings (SSSR count). The lowest BCUT2D eigenvalue weighted by molar-refractivity contribution is -0.143. The largest absolute Gasteiger partial charge is 0.492 e. The first-order valence-corrected chi connectivity index (χ1v) is 8.21. The third-order valence-electron chi connectivity index (χ3n) is 3.44. The molecule has 9 nitrogen and oxygen atoms in total. The Morgan fingerprint density at radius 2 is 2.26 bits per heavy atom. The number of fused-ring (bicyclic) bond motifs is 1. The summed E-state index contributed by atoms with van der Waals surface area (Å²) >= 11 is 0. The van der Waals surface area contributed by atoms with Crippen molar-refractivity contribution in [3.05, 3.63) is 30.0 Å². The van der Waals surface area contributed by atoms with E-state index in [-0.39, 0.29) is 23.7 Å². The van der Waals surface area contributed by atoms with Crippen molar-refractivity contribution in [1.82, 2.24) is 15.0 Å². The lowest BCUT2D eigenvalue weighted by atomic mass is 9.97. The minimum atomic E-state index is -3.84. The monoisotopic (exact) mass is 338 g/mol. The van der Waals surface area contributed by atoms with Gasteiger partial charge in [-0.3, -0.25) is 14.2 Å². The molecule has 2 heterocycles. The van der Waals surface area contributed by atoms with Gasteiger partial charge in [-0.25, -0.2) is 8.42 Å². The number of nitrogens with zero attached hydrogens (tertiary/aromatic N) is 3. The van der Waals surface area contributed by atoms with Gasteiger partial charge in [0.15, 0.2) is 5.82 Å². The van der Waals surface area contributed by atoms with Crippen LogP contribution >= 0.6 is 0 Å². The fraction of sp³-hybridized carbons (Fsp3) is 0.308. The minimum Gasteiger partial charge on any atom is -0.492 e. The molecule has 0 radical (unpaired) electrons. The summed E-state index contributed by atoms with van der Waals surface area (Å²) in [4.78, 5) is 11.1. The molecule has 0 saturated heterocycles. The number of benzene rings is 1. The summed E-state index contributed by atoms with van der Waals surface area (Å²) < 4.78 is 33.8. The van der Waals surface area contributed by atoms with Gasteiger partial charge in [-0.2, -0.15) is 0 Å². The van der Waals surface area contributed by atoms with E-state index in [2.05, 4.69) is 15.0 Å². The molecule has 0 fully saturated rings. The molecule has 2 N–H and O–H groups in total. The number of carbonyl (C=O) groups is 1. The smallest absolute Gasteiger partial charge is 0.310 e. The number of ether oxygens (including phenoxy) is 1. The van der Waals surface area contributed by atoms with Crippen LogP contribution in [0.2, 0.25) is 0 Å². The number of aliphatic carboxylic acids is 1. The SMILES string of the molecule is Cn1cc(NS(=O)(=O)c2ccc3c(c2)CC(C(=O)O)CO3)nn1. The van der Waals surface area contributed by atoms with Crippen LogP contribution in [0, 0.1) is 5.92 Å². The lowest BCUT2D eigenvalue weighted by Gasteiger charge is -2.23. The predicted molar refractivity (Wildman–Crippen MR) is 78.6 cm³/mol. The molecule has 122 valence electrons. The topological polar surface area (TPSA) is 123 Å². The van der Waals surface area contributed by atoms with Crippen LogP contribution in [-0.2, 0) is 28.3 Å². The fourth-order valence-corrected chi connectivity index (χ4v) is 3.32. The zero-order valence-electron chi connectivity index (χ0n) is 12.1. The second-order valence-corrected chi connectivity index (χ2v) is 6.89. The molecular weight excluding hydrogens is 324 g/mol. The number of aromatic nitrogens is 3. The maximum absolute atomic E-state index is 12.4. The van der Waals surface area contributed by atoms with Crippen LogP contribution in [-0.4, -0.2) is 41.1 Å². The van der Waals surface area contributed by atoms with E-state index in [1.54, 1.807) is 7.05 Å². The number of nitrogens with one attached hydrogen (secondary N) is 1. The van der Waals surface area contributed by atoms with Gasteiger partial charge in [-0.05, 0) is 30.2 Å². The van der Waals surface area contributed by atoms with Crippen molar-refractivity contribution in [2.75, 3.05) is 11.3 Å². The molecule has 2 aromatic rings. The van der Waals surface area contributed by atoms with E-state index in [0.29, 0.717) is 11.3 Å². The van der Waals surface area contributed by atoms with Crippen molar-refractivity contribution in [3.63, 3.8) is 0 Å². The maximum atomic E-state index is 12.4. The van der Waals surface area contributed by atoms with E-state index in [4.69, 9.17) is 9.84 Å². The molecular formula is C13H14N4O5S. The van der Waals surface area contributed by atoms with Crippen molar-refractivity contribution < 1.29 is 23.1 Å². The molecule has 0 bridgehead atoms. The molecule has 0 spiro atoms. The Morgan fingerprint density at radius 1 is 1.48 bits per heavy atom. The van der Waals surface area contributed by atoms with E-state index in [9.17, 15) is 13.2 Å². The minimum absolute atomic E-state index is 0.0107. The number of carboxylic acid groups (broad SMARTS) is 1. The molecule has 1 aliphatic rings. The van der Waals surface area contributed by atoms with Gasteiger partial charge in [-0.15, -0.1) is 5.10 Å². The van der Waals surface area contributed by atoms with Gasteiger partial charge >= 0.3 is 5.97 Å². The number of aryl methyl sites for hydroxylation is 1. The van der Waals surface area contributed by atoms with E-state index < -0.39 is 21.9 Å². The lowest BCUT2D eigenvalue weighted by Crippen LogP contribution is -2.28. The summed E-state index contributed by atoms with van der Waals surface area (Å²) in [6.45, 7) is 0.0757. The highest BCUT2D eigenvalue weighted by molar-refractivity contribution is 7.92. The van der Waals surface area contributed by atoms with Crippen molar-refractivity contribution >= 4 is 21.8 Å². The zero-order chi connectivity index (χ0) is 16.6. The fourth-order valence-electron chi connectivity index (χ4n) is 2.29. The van der Waals surface area contributed by atoms with Crippen LogP contribution in [0.25, 0.3) is 0 Å². The maximum Gasteiger partial charge on any atom is 0.310 e. The van der Waals surface area contributed by atoms with Crippen LogP contribution in [0.4, 0.5) is 5.82 Å². The molecule has 1 atom stereocenters. The third kappa shape index (κ3) is 3.11. The highest BCUT2D eigenvalue weighted by Crippen LogP contribution is 2.30. The number of sulfonamides is 1. The normalized spacial score (nSPS) is 17.2. The Kier molecular flexibility index (Phi) is 3.68. The van der Waals surface area contributed by atoms with Crippen LogP contribution in [0.1, 0.15) is 5.56 Å². The molecule has 23 heavy (non-hydrogen) atoms. The number of anilines is 1. The highest BCUT2D eigenvalue weighted by Gasteiger charge is 2.27. The Bertz CT molecular complexity index is 861. The summed E-state index contributed by atoms with van der Waals surface area (Å²) in [6, 6.07) is 4.35. The van der Waals surface area contributed by atoms with Gasteiger partial charge in [0.25, 0.3) is 10.0 Å². The summed E-state index contributed by atoms with van der Waals surface area (Å²) in [7, 11) is -2.22. The summed E-state index contributed by atoms with van der Waals surface area (Å²) in [6.07, 6.45) is 1.65. The van der Waals surface area contributed by atoms with Crippen molar-refractivity contribution in [1.29, 1.82) is 0 Å². The van der Waals surface area contributed by atoms with Crippen LogP contribution in [0.3, 0.4) is 0 Å². The van der Waals surface area contributed by atoms with Crippen molar-refractivity contribution in [3.8, 4) is 5.75 Å². The van der Waals surface area contributed by atoms with Crippen molar-refractivity contribution in [2.45, 2.75) is 11.3 Å². The van der Waals surface area contributed by atoms with Crippen LogP contribution < -0.4 is 9.46 Å². The van der Waals surface area contributed by atoms with Crippen LogP contribution in [0.5, 0.6) is 5.75 Å². The summed E-state index contributed by atoms with van der Waals surface area (Å²) in [5.74, 6) is -1.05. The average molecular weight is 338 g/mol. The van der Waals surface area contributed by atoms with Gasteiger partial charge in [0.2, 0.25) is 0 Å². The first kappa shape index (κ1) is 15.3. The third-order valence-corrected chi connectivity index (χ3v) is 4.79. The molecule has 10 heteroatoms. The van der Waals surface area contributed by atoms with Crippen LogP contribution in [0.15, 0.2) is 29.3 Å². The Morgan fingerprint density at radius 3 is 2.91 bits per heavy atom. The van der Waals surface area contributed by atoms with E-state index in [0.717, 1.165) is 0 Å². The summed E-state index contributed by atoms with van der Waals surface area (Å²) in [5.41, 5.74) is 0.547. The van der Waals surface area contributed by atoms with E-state index >= 15 is 0 Å². The molecule has 1 aromatic heterocycles. The zero-order valence-corrected chi connectivity index (χ0v) is 12.9.